The van der Waals surface area contributed by atoms with Gasteiger partial charge in [-0.1, -0.05) is 12.1 Å². The summed E-state index contributed by atoms with van der Waals surface area (Å²) < 4.78 is 2.34. The summed E-state index contributed by atoms with van der Waals surface area (Å²) in [7, 11) is 0. The van der Waals surface area contributed by atoms with Crippen molar-refractivity contribution in [2.45, 2.75) is 32.7 Å². The van der Waals surface area contributed by atoms with Crippen LogP contribution < -0.4 is 5.32 Å². The Balaban J connectivity index is 1.27. The van der Waals surface area contributed by atoms with Crippen LogP contribution in [-0.4, -0.2) is 38.6 Å². The minimum absolute atomic E-state index is 0.0257. The summed E-state index contributed by atoms with van der Waals surface area (Å²) in [5.41, 5.74) is 5.26. The number of imidazole rings is 1. The average molecular weight is 387 g/mol. The second kappa shape index (κ2) is 6.95. The number of aromatic amines is 1. The molecule has 0 unspecified atom stereocenters. The molecule has 0 radical (unpaired) electrons. The maximum absolute atomic E-state index is 12.8. The van der Waals surface area contributed by atoms with Crippen LogP contribution in [0.1, 0.15) is 30.4 Å². The molecule has 0 bridgehead atoms. The number of carbonyl (C=O) groups is 1. The first-order chi connectivity index (χ1) is 14.1. The highest BCUT2D eigenvalue weighted by molar-refractivity contribution is 5.93. The fraction of sp³-hybridized carbons (Fsp3) is 0.304. The summed E-state index contributed by atoms with van der Waals surface area (Å²) in [5, 5.41) is 4.17. The molecular formula is C23H25N5O. The zero-order valence-corrected chi connectivity index (χ0v) is 16.8. The Hall–Kier alpha value is -3.28. The number of fused-ring (bicyclic) bond motifs is 2. The van der Waals surface area contributed by atoms with Gasteiger partial charge in [0.25, 0.3) is 0 Å². The van der Waals surface area contributed by atoms with Gasteiger partial charge in [-0.25, -0.2) is 9.78 Å². The molecule has 2 N–H and O–H groups in total. The molecule has 5 rings (SSSR count). The first-order valence-corrected chi connectivity index (χ1v) is 10.2. The van der Waals surface area contributed by atoms with E-state index in [-0.39, 0.29) is 6.03 Å². The fourth-order valence-electron chi connectivity index (χ4n) is 4.51. The molecule has 148 valence electrons. The summed E-state index contributed by atoms with van der Waals surface area (Å²) in [6.45, 7) is 5.59. The van der Waals surface area contributed by atoms with Gasteiger partial charge in [-0.3, -0.25) is 0 Å². The van der Waals surface area contributed by atoms with Crippen LogP contribution in [0.4, 0.5) is 10.5 Å². The van der Waals surface area contributed by atoms with Gasteiger partial charge < -0.3 is 19.8 Å². The lowest BCUT2D eigenvalue weighted by Crippen LogP contribution is -2.41. The smallest absolute Gasteiger partial charge is 0.321 e. The number of urea groups is 1. The van der Waals surface area contributed by atoms with Crippen molar-refractivity contribution in [2.24, 2.45) is 0 Å². The predicted octanol–water partition coefficient (Wildman–Crippen LogP) is 5.00. The van der Waals surface area contributed by atoms with Gasteiger partial charge in [-0.05, 0) is 63.1 Å². The van der Waals surface area contributed by atoms with E-state index < -0.39 is 0 Å². The molecule has 29 heavy (non-hydrogen) atoms. The minimum Gasteiger partial charge on any atom is -0.359 e. The molecule has 0 aliphatic carbocycles. The number of hydrogen-bond donors (Lipinski definition) is 2. The van der Waals surface area contributed by atoms with E-state index in [1.54, 1.807) is 0 Å². The molecule has 2 aromatic carbocycles. The zero-order chi connectivity index (χ0) is 20.0. The van der Waals surface area contributed by atoms with Crippen molar-refractivity contribution < 1.29 is 4.79 Å². The standard InChI is InChI=1S/C23H25N5O/c1-15-13-17-14-18(7-8-20(17)24-15)26-23(29)27-11-9-19(10-12-27)28-16(2)25-21-5-3-4-6-22(21)28/h3-8,13-14,19,24H,9-12H2,1-2H3,(H,26,29). The third kappa shape index (κ3) is 3.24. The number of hydrogen-bond acceptors (Lipinski definition) is 2. The maximum Gasteiger partial charge on any atom is 0.321 e. The molecule has 1 aliphatic rings. The van der Waals surface area contributed by atoms with E-state index in [1.807, 2.05) is 36.1 Å². The fourth-order valence-corrected chi connectivity index (χ4v) is 4.51. The maximum atomic E-state index is 12.8. The van der Waals surface area contributed by atoms with Crippen molar-refractivity contribution in [3.8, 4) is 0 Å². The van der Waals surface area contributed by atoms with Crippen LogP contribution in [0.15, 0.2) is 48.5 Å². The number of aromatic nitrogens is 3. The van der Waals surface area contributed by atoms with Gasteiger partial charge in [0.1, 0.15) is 5.82 Å². The Labute approximate surface area is 169 Å². The van der Waals surface area contributed by atoms with Gasteiger partial charge in [-0.2, -0.15) is 0 Å². The third-order valence-corrected chi connectivity index (χ3v) is 5.90. The molecule has 0 spiro atoms. The van der Waals surface area contributed by atoms with E-state index in [4.69, 9.17) is 4.98 Å². The number of nitrogens with one attached hydrogen (secondary N) is 2. The average Bonchev–Trinajstić information content (AvgIpc) is 3.25. The van der Waals surface area contributed by atoms with Crippen molar-refractivity contribution in [2.75, 3.05) is 18.4 Å². The number of anilines is 1. The molecule has 6 nitrogen and oxygen atoms in total. The van der Waals surface area contributed by atoms with Crippen LogP contribution in [0, 0.1) is 13.8 Å². The molecule has 1 fully saturated rings. The van der Waals surface area contributed by atoms with Crippen LogP contribution in [-0.2, 0) is 0 Å². The Morgan fingerprint density at radius 3 is 2.72 bits per heavy atom. The number of carbonyl (C=O) groups excluding carboxylic acids is 1. The second-order valence-corrected chi connectivity index (χ2v) is 7.92. The monoisotopic (exact) mass is 387 g/mol. The lowest BCUT2D eigenvalue weighted by Gasteiger charge is -2.33. The molecule has 6 heteroatoms. The molecule has 4 aromatic rings. The molecule has 1 saturated heterocycles. The number of nitrogens with zero attached hydrogens (tertiary/aromatic N) is 3. The number of para-hydroxylation sites is 2. The van der Waals surface area contributed by atoms with Gasteiger partial charge in [-0.15, -0.1) is 0 Å². The van der Waals surface area contributed by atoms with Gasteiger partial charge >= 0.3 is 6.03 Å². The van der Waals surface area contributed by atoms with E-state index in [2.05, 4.69) is 46.1 Å². The normalized spacial score (nSPS) is 15.3. The van der Waals surface area contributed by atoms with Gasteiger partial charge in [0.05, 0.1) is 11.0 Å². The number of rotatable bonds is 2. The molecule has 1 aliphatic heterocycles. The topological polar surface area (TPSA) is 66.0 Å². The summed E-state index contributed by atoms with van der Waals surface area (Å²) in [6.07, 6.45) is 1.87. The Morgan fingerprint density at radius 2 is 1.90 bits per heavy atom. The Bertz CT molecular complexity index is 1200. The van der Waals surface area contributed by atoms with Crippen molar-refractivity contribution >= 4 is 33.7 Å². The number of piperidine rings is 1. The highest BCUT2D eigenvalue weighted by Gasteiger charge is 2.26. The Kier molecular flexibility index (Phi) is 4.27. The van der Waals surface area contributed by atoms with Crippen molar-refractivity contribution in [1.82, 2.24) is 19.4 Å². The van der Waals surface area contributed by atoms with Crippen LogP contribution in [0.25, 0.3) is 21.9 Å². The quantitative estimate of drug-likeness (QED) is 0.508. The first-order valence-electron chi connectivity index (χ1n) is 10.2. The Morgan fingerprint density at radius 1 is 1.10 bits per heavy atom. The molecule has 3 heterocycles. The van der Waals surface area contributed by atoms with E-state index in [9.17, 15) is 4.79 Å². The van der Waals surface area contributed by atoms with Crippen molar-refractivity contribution in [1.29, 1.82) is 0 Å². The van der Waals surface area contributed by atoms with Gasteiger partial charge in [0, 0.05) is 41.4 Å². The highest BCUT2D eigenvalue weighted by Crippen LogP contribution is 2.29. The lowest BCUT2D eigenvalue weighted by molar-refractivity contribution is 0.184. The van der Waals surface area contributed by atoms with Crippen molar-refractivity contribution in [3.05, 3.63) is 60.0 Å². The summed E-state index contributed by atoms with van der Waals surface area (Å²) in [6, 6.07) is 16.7. The van der Waals surface area contributed by atoms with E-state index in [0.717, 1.165) is 59.6 Å². The number of likely N-dealkylation sites (tertiary alicyclic amines) is 1. The van der Waals surface area contributed by atoms with Crippen LogP contribution in [0.3, 0.4) is 0 Å². The second-order valence-electron chi connectivity index (χ2n) is 7.92. The largest absolute Gasteiger partial charge is 0.359 e. The van der Waals surface area contributed by atoms with Gasteiger partial charge in [0.15, 0.2) is 0 Å². The number of H-pyrrole nitrogens is 1. The van der Waals surface area contributed by atoms with E-state index in [1.165, 1.54) is 5.52 Å². The van der Waals surface area contributed by atoms with E-state index in [0.29, 0.717) is 6.04 Å². The minimum atomic E-state index is -0.0257. The molecule has 2 amide bonds. The summed E-state index contributed by atoms with van der Waals surface area (Å²) >= 11 is 0. The van der Waals surface area contributed by atoms with Crippen LogP contribution in [0.2, 0.25) is 0 Å². The van der Waals surface area contributed by atoms with Gasteiger partial charge in [0.2, 0.25) is 0 Å². The highest BCUT2D eigenvalue weighted by atomic mass is 16.2. The first kappa shape index (κ1) is 17.8. The number of aryl methyl sites for hydroxylation is 2. The SMILES string of the molecule is Cc1cc2cc(NC(=O)N3CCC(n4c(C)nc5ccccc54)CC3)ccc2[nH]1. The van der Waals surface area contributed by atoms with Crippen molar-refractivity contribution in [3.63, 3.8) is 0 Å². The third-order valence-electron chi connectivity index (χ3n) is 5.90. The number of benzene rings is 2. The van der Waals surface area contributed by atoms with E-state index >= 15 is 0 Å². The molecular weight excluding hydrogens is 362 g/mol. The summed E-state index contributed by atoms with van der Waals surface area (Å²) in [4.78, 5) is 22.7. The lowest BCUT2D eigenvalue weighted by atomic mass is 10.0. The molecule has 2 aromatic heterocycles. The zero-order valence-electron chi connectivity index (χ0n) is 16.8. The van der Waals surface area contributed by atoms with Crippen LogP contribution in [0.5, 0.6) is 0 Å². The summed E-state index contributed by atoms with van der Waals surface area (Å²) in [5.74, 6) is 1.05. The van der Waals surface area contributed by atoms with Crippen LogP contribution >= 0.6 is 0 Å². The number of amides is 2. The molecule has 0 atom stereocenters. The predicted molar refractivity (Wildman–Crippen MR) is 116 cm³/mol. The molecule has 0 saturated carbocycles.